The molecule has 0 saturated carbocycles. The molecule has 4 heteroatoms. The van der Waals surface area contributed by atoms with Gasteiger partial charge in [-0.3, -0.25) is 0 Å². The molecular formula is C59H38N4. The average molecular weight is 803 g/mol. The van der Waals surface area contributed by atoms with Gasteiger partial charge in [0, 0.05) is 44.1 Å². The quantitative estimate of drug-likeness (QED) is 0.151. The summed E-state index contributed by atoms with van der Waals surface area (Å²) in [6.45, 7) is 0. The van der Waals surface area contributed by atoms with Gasteiger partial charge in [-0.05, 0) is 87.6 Å². The number of hydrogen-bond acceptors (Lipinski definition) is 3. The Morgan fingerprint density at radius 2 is 0.794 bits per heavy atom. The molecule has 0 saturated heterocycles. The summed E-state index contributed by atoms with van der Waals surface area (Å²) < 4.78 is 2.34. The number of para-hydroxylation sites is 2. The predicted molar refractivity (Wildman–Crippen MR) is 262 cm³/mol. The SMILES string of the molecule is c1ccc(-c2cc(-c3ccc(-n4c5ccccc5c5ccccc54)cc3)nc(-c3cccc(-c4ccc5ccc6nc(-c7ccccc7)cc(-c7ccccc7)c6c5c4)c3)n2)cc1. The third-order valence-corrected chi connectivity index (χ3v) is 12.2. The van der Waals surface area contributed by atoms with Crippen molar-refractivity contribution in [2.24, 2.45) is 0 Å². The second kappa shape index (κ2) is 15.2. The molecule has 9 aromatic carbocycles. The number of pyridine rings is 1. The van der Waals surface area contributed by atoms with Gasteiger partial charge in [0.2, 0.25) is 0 Å². The van der Waals surface area contributed by atoms with Gasteiger partial charge >= 0.3 is 0 Å². The van der Waals surface area contributed by atoms with Crippen molar-refractivity contribution in [1.29, 1.82) is 0 Å². The van der Waals surface area contributed by atoms with Crippen LogP contribution in [0.4, 0.5) is 0 Å². The Balaban J connectivity index is 0.968. The fraction of sp³-hybridized carbons (Fsp3) is 0. The van der Waals surface area contributed by atoms with Crippen LogP contribution in [0.2, 0.25) is 0 Å². The molecular weight excluding hydrogens is 765 g/mol. The van der Waals surface area contributed by atoms with Gasteiger partial charge in [-0.25, -0.2) is 15.0 Å². The Morgan fingerprint density at radius 1 is 0.302 bits per heavy atom. The van der Waals surface area contributed by atoms with Crippen molar-refractivity contribution in [1.82, 2.24) is 19.5 Å². The van der Waals surface area contributed by atoms with E-state index in [1.807, 2.05) is 12.1 Å². The lowest BCUT2D eigenvalue weighted by Gasteiger charge is -2.14. The number of rotatable bonds is 7. The van der Waals surface area contributed by atoms with Crippen LogP contribution >= 0.6 is 0 Å². The zero-order valence-corrected chi connectivity index (χ0v) is 34.2. The van der Waals surface area contributed by atoms with Crippen LogP contribution in [-0.2, 0) is 0 Å². The van der Waals surface area contributed by atoms with Crippen LogP contribution in [-0.4, -0.2) is 19.5 Å². The highest BCUT2D eigenvalue weighted by Crippen LogP contribution is 2.39. The van der Waals surface area contributed by atoms with Crippen molar-refractivity contribution in [3.63, 3.8) is 0 Å². The van der Waals surface area contributed by atoms with E-state index in [-0.39, 0.29) is 0 Å². The van der Waals surface area contributed by atoms with Gasteiger partial charge in [-0.1, -0.05) is 176 Å². The maximum atomic E-state index is 5.27. The van der Waals surface area contributed by atoms with Crippen molar-refractivity contribution >= 4 is 43.5 Å². The monoisotopic (exact) mass is 802 g/mol. The minimum atomic E-state index is 0.676. The van der Waals surface area contributed by atoms with Crippen LogP contribution in [0.3, 0.4) is 0 Å². The van der Waals surface area contributed by atoms with Crippen molar-refractivity contribution in [3.05, 3.63) is 231 Å². The van der Waals surface area contributed by atoms with Crippen LogP contribution < -0.4 is 0 Å². The first-order valence-electron chi connectivity index (χ1n) is 21.3. The van der Waals surface area contributed by atoms with Crippen LogP contribution in [0.1, 0.15) is 0 Å². The molecule has 4 nitrogen and oxygen atoms in total. The summed E-state index contributed by atoms with van der Waals surface area (Å²) in [6.07, 6.45) is 0. The first-order valence-corrected chi connectivity index (χ1v) is 21.3. The van der Waals surface area contributed by atoms with Gasteiger partial charge in [0.1, 0.15) is 0 Å². The molecule has 12 aromatic rings. The van der Waals surface area contributed by atoms with E-state index >= 15 is 0 Å². The topological polar surface area (TPSA) is 43.6 Å². The molecule has 0 radical (unpaired) electrons. The normalized spacial score (nSPS) is 11.5. The van der Waals surface area contributed by atoms with E-state index in [9.17, 15) is 0 Å². The highest BCUT2D eigenvalue weighted by Gasteiger charge is 2.17. The molecule has 0 fully saturated rings. The highest BCUT2D eigenvalue weighted by atomic mass is 15.0. The van der Waals surface area contributed by atoms with Gasteiger partial charge in [0.05, 0.1) is 33.6 Å². The van der Waals surface area contributed by atoms with Gasteiger partial charge < -0.3 is 4.57 Å². The third-order valence-electron chi connectivity index (χ3n) is 12.2. The molecule has 0 aliphatic rings. The molecule has 0 aliphatic heterocycles. The molecule has 12 rings (SSSR count). The zero-order chi connectivity index (χ0) is 41.7. The number of aromatic nitrogens is 4. The molecule has 0 bridgehead atoms. The minimum absolute atomic E-state index is 0.676. The number of fused-ring (bicyclic) bond motifs is 6. The molecule has 0 atom stereocenters. The Kier molecular flexibility index (Phi) is 8.79. The van der Waals surface area contributed by atoms with E-state index in [1.165, 1.54) is 27.2 Å². The second-order valence-corrected chi connectivity index (χ2v) is 16.0. The predicted octanol–water partition coefficient (Wildman–Crippen LogP) is 15.3. The van der Waals surface area contributed by atoms with Gasteiger partial charge in [-0.2, -0.15) is 0 Å². The van der Waals surface area contributed by atoms with E-state index in [4.69, 9.17) is 15.0 Å². The summed E-state index contributed by atoms with van der Waals surface area (Å²) >= 11 is 0. The van der Waals surface area contributed by atoms with Crippen molar-refractivity contribution in [2.75, 3.05) is 0 Å². The van der Waals surface area contributed by atoms with Gasteiger partial charge in [-0.15, -0.1) is 0 Å². The molecule has 294 valence electrons. The molecule has 0 N–H and O–H groups in total. The van der Waals surface area contributed by atoms with Crippen LogP contribution in [0.15, 0.2) is 231 Å². The largest absolute Gasteiger partial charge is 0.309 e. The average Bonchev–Trinajstić information content (AvgIpc) is 3.71. The summed E-state index contributed by atoms with van der Waals surface area (Å²) in [7, 11) is 0. The fourth-order valence-corrected chi connectivity index (χ4v) is 9.14. The molecule has 3 aromatic heterocycles. The molecule has 0 amide bonds. The summed E-state index contributed by atoms with van der Waals surface area (Å²) in [5.74, 6) is 0.676. The second-order valence-electron chi connectivity index (χ2n) is 16.0. The minimum Gasteiger partial charge on any atom is -0.309 e. The van der Waals surface area contributed by atoms with E-state index in [1.54, 1.807) is 0 Å². The lowest BCUT2D eigenvalue weighted by Crippen LogP contribution is -1.97. The lowest BCUT2D eigenvalue weighted by atomic mass is 9.92. The molecule has 63 heavy (non-hydrogen) atoms. The Hall–Kier alpha value is -8.47. The maximum Gasteiger partial charge on any atom is 0.160 e. The van der Waals surface area contributed by atoms with Crippen LogP contribution in [0.25, 0.3) is 117 Å². The molecule has 0 spiro atoms. The lowest BCUT2D eigenvalue weighted by molar-refractivity contribution is 1.17. The summed E-state index contributed by atoms with van der Waals surface area (Å²) in [4.78, 5) is 15.7. The van der Waals surface area contributed by atoms with Crippen molar-refractivity contribution in [2.45, 2.75) is 0 Å². The smallest absolute Gasteiger partial charge is 0.160 e. The van der Waals surface area contributed by atoms with Gasteiger partial charge in [0.25, 0.3) is 0 Å². The molecule has 0 aliphatic carbocycles. The van der Waals surface area contributed by atoms with E-state index in [0.717, 1.165) is 83.6 Å². The summed E-state index contributed by atoms with van der Waals surface area (Å²) in [5, 5.41) is 5.97. The Morgan fingerprint density at radius 3 is 1.44 bits per heavy atom. The Bertz CT molecular complexity index is 3600. The summed E-state index contributed by atoms with van der Waals surface area (Å²) in [5.41, 5.74) is 15.8. The van der Waals surface area contributed by atoms with Crippen molar-refractivity contribution < 1.29 is 0 Å². The van der Waals surface area contributed by atoms with E-state index < -0.39 is 0 Å². The van der Waals surface area contributed by atoms with Crippen LogP contribution in [0, 0.1) is 0 Å². The standard InChI is InChI=1S/C59H38N4/c1-4-15-39(16-5-1)51-37-53(41-17-6-2-7-18-41)60-52-34-31-40-27-28-45(36-50(40)58(51)52)44-21-14-22-46(35-44)59-61-54(42-19-8-3-9-20-42)38-55(62-59)43-29-32-47(33-30-43)63-56-25-12-10-23-48(56)49-24-11-13-26-57(49)63/h1-38H. The number of benzene rings is 9. The fourth-order valence-electron chi connectivity index (χ4n) is 9.14. The first-order chi connectivity index (χ1) is 31.2. The first kappa shape index (κ1) is 36.4. The van der Waals surface area contributed by atoms with Crippen molar-refractivity contribution in [3.8, 4) is 73.1 Å². The van der Waals surface area contributed by atoms with Gasteiger partial charge in [0.15, 0.2) is 5.82 Å². The van der Waals surface area contributed by atoms with E-state index in [2.05, 4.69) is 223 Å². The third kappa shape index (κ3) is 6.53. The maximum absolute atomic E-state index is 5.27. The van der Waals surface area contributed by atoms with E-state index in [0.29, 0.717) is 5.82 Å². The number of nitrogens with zero attached hydrogens (tertiary/aromatic N) is 4. The summed E-state index contributed by atoms with van der Waals surface area (Å²) in [6, 6.07) is 81.5. The Labute approximate surface area is 365 Å². The molecule has 3 heterocycles. The zero-order valence-electron chi connectivity index (χ0n) is 34.2. The molecule has 0 unspecified atom stereocenters. The number of hydrogen-bond donors (Lipinski definition) is 0. The highest BCUT2D eigenvalue weighted by molar-refractivity contribution is 6.15. The van der Waals surface area contributed by atoms with Crippen LogP contribution in [0.5, 0.6) is 0 Å².